The van der Waals surface area contributed by atoms with Gasteiger partial charge in [0.15, 0.2) is 5.82 Å². The summed E-state index contributed by atoms with van der Waals surface area (Å²) in [6, 6.07) is 9.80. The van der Waals surface area contributed by atoms with Crippen LogP contribution in [0.25, 0.3) is 0 Å². The van der Waals surface area contributed by atoms with Crippen LogP contribution in [0.1, 0.15) is 16.8 Å². The SMILES string of the molecule is Cc1nnc(NCCOc2cccc(Br)c2)c(C#N)c1C. The third-order valence-corrected chi connectivity index (χ3v) is 3.52. The van der Waals surface area contributed by atoms with Gasteiger partial charge in [-0.25, -0.2) is 0 Å². The normalized spacial score (nSPS) is 10.0. The second-order valence-corrected chi connectivity index (χ2v) is 5.39. The van der Waals surface area contributed by atoms with Crippen LogP contribution in [0, 0.1) is 25.2 Å². The van der Waals surface area contributed by atoms with Gasteiger partial charge in [-0.05, 0) is 37.6 Å². The second kappa shape index (κ2) is 7.04. The van der Waals surface area contributed by atoms with E-state index in [1.165, 1.54) is 0 Å². The summed E-state index contributed by atoms with van der Waals surface area (Å²) < 4.78 is 6.58. The minimum atomic E-state index is 0.468. The van der Waals surface area contributed by atoms with Crippen LogP contribution in [0.3, 0.4) is 0 Å². The number of nitrogens with one attached hydrogen (secondary N) is 1. The molecule has 2 rings (SSSR count). The van der Waals surface area contributed by atoms with Crippen molar-refractivity contribution in [2.45, 2.75) is 13.8 Å². The van der Waals surface area contributed by atoms with E-state index in [1.807, 2.05) is 38.1 Å². The van der Waals surface area contributed by atoms with Gasteiger partial charge >= 0.3 is 0 Å². The molecule has 0 amide bonds. The molecule has 1 heterocycles. The first-order valence-corrected chi connectivity index (χ1v) is 7.27. The van der Waals surface area contributed by atoms with Crippen molar-refractivity contribution >= 4 is 21.7 Å². The molecule has 0 aliphatic heterocycles. The van der Waals surface area contributed by atoms with Crippen LogP contribution in [0.5, 0.6) is 5.75 Å². The highest BCUT2D eigenvalue weighted by Gasteiger charge is 2.09. The standard InChI is InChI=1S/C15H15BrN4O/c1-10-11(2)19-20-15(14(10)9-17)18-6-7-21-13-5-3-4-12(16)8-13/h3-5,8H,6-7H2,1-2H3,(H,18,20). The summed E-state index contributed by atoms with van der Waals surface area (Å²) >= 11 is 3.39. The molecular weight excluding hydrogens is 332 g/mol. The Morgan fingerprint density at radius 1 is 1.33 bits per heavy atom. The molecule has 1 N–H and O–H groups in total. The fourth-order valence-corrected chi connectivity index (χ4v) is 2.14. The minimum Gasteiger partial charge on any atom is -0.492 e. The summed E-state index contributed by atoms with van der Waals surface area (Å²) in [5, 5.41) is 20.3. The first-order valence-electron chi connectivity index (χ1n) is 6.48. The van der Waals surface area contributed by atoms with Crippen LogP contribution in [0.2, 0.25) is 0 Å². The predicted molar refractivity (Wildman–Crippen MR) is 84.3 cm³/mol. The molecule has 1 aromatic carbocycles. The summed E-state index contributed by atoms with van der Waals surface area (Å²) in [6.07, 6.45) is 0. The Morgan fingerprint density at radius 2 is 2.14 bits per heavy atom. The number of rotatable bonds is 5. The molecule has 0 unspecified atom stereocenters. The van der Waals surface area contributed by atoms with Gasteiger partial charge in [0.2, 0.25) is 0 Å². The molecule has 0 spiro atoms. The van der Waals surface area contributed by atoms with Crippen molar-refractivity contribution in [1.82, 2.24) is 10.2 Å². The van der Waals surface area contributed by atoms with E-state index in [9.17, 15) is 5.26 Å². The second-order valence-electron chi connectivity index (χ2n) is 4.48. The van der Waals surface area contributed by atoms with E-state index < -0.39 is 0 Å². The number of nitrogens with zero attached hydrogens (tertiary/aromatic N) is 3. The number of aromatic nitrogens is 2. The fourth-order valence-electron chi connectivity index (χ4n) is 1.76. The Bertz CT molecular complexity index is 682. The molecule has 0 aliphatic rings. The molecule has 2 aromatic rings. The predicted octanol–water partition coefficient (Wildman–Crippen LogP) is 3.22. The highest BCUT2D eigenvalue weighted by molar-refractivity contribution is 9.10. The van der Waals surface area contributed by atoms with Crippen LogP contribution in [-0.2, 0) is 0 Å². The average molecular weight is 347 g/mol. The number of benzene rings is 1. The molecule has 1 aromatic heterocycles. The molecule has 0 atom stereocenters. The minimum absolute atomic E-state index is 0.468. The maximum atomic E-state index is 9.19. The molecule has 108 valence electrons. The Morgan fingerprint density at radius 3 is 2.86 bits per heavy atom. The first-order chi connectivity index (χ1) is 10.1. The Kier molecular flexibility index (Phi) is 5.12. The van der Waals surface area contributed by atoms with E-state index in [2.05, 4.69) is 37.5 Å². The summed E-state index contributed by atoms with van der Waals surface area (Å²) in [5.41, 5.74) is 2.15. The van der Waals surface area contributed by atoms with E-state index in [1.54, 1.807) is 0 Å². The number of nitriles is 1. The van der Waals surface area contributed by atoms with Crippen molar-refractivity contribution in [3.8, 4) is 11.8 Å². The van der Waals surface area contributed by atoms with E-state index in [4.69, 9.17) is 4.74 Å². The van der Waals surface area contributed by atoms with Gasteiger partial charge in [-0.15, -0.1) is 5.10 Å². The quantitative estimate of drug-likeness (QED) is 0.841. The van der Waals surface area contributed by atoms with Gasteiger partial charge in [-0.2, -0.15) is 10.4 Å². The lowest BCUT2D eigenvalue weighted by atomic mass is 10.1. The van der Waals surface area contributed by atoms with Gasteiger partial charge in [-0.3, -0.25) is 0 Å². The number of halogens is 1. The number of ether oxygens (including phenoxy) is 1. The number of aryl methyl sites for hydroxylation is 1. The molecule has 6 heteroatoms. The van der Waals surface area contributed by atoms with Crippen LogP contribution >= 0.6 is 15.9 Å². The number of hydrogen-bond donors (Lipinski definition) is 1. The van der Waals surface area contributed by atoms with Crippen molar-refractivity contribution in [2.24, 2.45) is 0 Å². The van der Waals surface area contributed by atoms with Gasteiger partial charge in [0, 0.05) is 4.47 Å². The fraction of sp³-hybridized carbons (Fsp3) is 0.267. The Hall–Kier alpha value is -2.13. The van der Waals surface area contributed by atoms with Gasteiger partial charge in [0.1, 0.15) is 24.0 Å². The van der Waals surface area contributed by atoms with Gasteiger partial charge in [0.05, 0.1) is 12.2 Å². The van der Waals surface area contributed by atoms with E-state index in [-0.39, 0.29) is 0 Å². The molecule has 0 fully saturated rings. The molecule has 0 saturated heterocycles. The topological polar surface area (TPSA) is 70.8 Å². The largest absolute Gasteiger partial charge is 0.492 e. The number of anilines is 1. The van der Waals surface area contributed by atoms with Crippen molar-refractivity contribution in [1.29, 1.82) is 5.26 Å². The van der Waals surface area contributed by atoms with Crippen LogP contribution in [-0.4, -0.2) is 23.3 Å². The van der Waals surface area contributed by atoms with Crippen LogP contribution < -0.4 is 10.1 Å². The zero-order valence-electron chi connectivity index (χ0n) is 11.9. The lowest BCUT2D eigenvalue weighted by Crippen LogP contribution is -2.14. The van der Waals surface area contributed by atoms with Crippen LogP contribution in [0.15, 0.2) is 28.7 Å². The summed E-state index contributed by atoms with van der Waals surface area (Å²) in [6.45, 7) is 4.71. The van der Waals surface area contributed by atoms with E-state index in [0.29, 0.717) is 24.5 Å². The molecule has 0 aliphatic carbocycles. The zero-order valence-corrected chi connectivity index (χ0v) is 13.4. The smallest absolute Gasteiger partial charge is 0.167 e. The summed E-state index contributed by atoms with van der Waals surface area (Å²) in [7, 11) is 0. The molecule has 0 bridgehead atoms. The number of hydrogen-bond acceptors (Lipinski definition) is 5. The molecule has 21 heavy (non-hydrogen) atoms. The highest BCUT2D eigenvalue weighted by Crippen LogP contribution is 2.18. The van der Waals surface area contributed by atoms with Crippen LogP contribution in [0.4, 0.5) is 5.82 Å². The summed E-state index contributed by atoms with van der Waals surface area (Å²) in [4.78, 5) is 0. The zero-order chi connectivity index (χ0) is 15.2. The van der Waals surface area contributed by atoms with Crippen molar-refractivity contribution in [3.05, 3.63) is 45.6 Å². The monoisotopic (exact) mass is 346 g/mol. The van der Waals surface area contributed by atoms with E-state index in [0.717, 1.165) is 21.5 Å². The lowest BCUT2D eigenvalue weighted by Gasteiger charge is -2.10. The molecule has 0 radical (unpaired) electrons. The van der Waals surface area contributed by atoms with Gasteiger partial charge in [0.25, 0.3) is 0 Å². The first kappa shape index (κ1) is 15.3. The van der Waals surface area contributed by atoms with Gasteiger partial charge < -0.3 is 10.1 Å². The molecule has 0 saturated carbocycles. The highest BCUT2D eigenvalue weighted by atomic mass is 79.9. The van der Waals surface area contributed by atoms with Gasteiger partial charge in [-0.1, -0.05) is 22.0 Å². The third kappa shape index (κ3) is 3.92. The maximum Gasteiger partial charge on any atom is 0.167 e. The lowest BCUT2D eigenvalue weighted by molar-refractivity contribution is 0.332. The molecule has 5 nitrogen and oxygen atoms in total. The summed E-state index contributed by atoms with van der Waals surface area (Å²) in [5.74, 6) is 1.29. The third-order valence-electron chi connectivity index (χ3n) is 3.03. The van der Waals surface area contributed by atoms with Crippen molar-refractivity contribution in [2.75, 3.05) is 18.5 Å². The maximum absolute atomic E-state index is 9.19. The Labute approximate surface area is 132 Å². The Balaban J connectivity index is 1.93. The van der Waals surface area contributed by atoms with Crippen molar-refractivity contribution < 1.29 is 4.74 Å². The molecular formula is C15H15BrN4O. The van der Waals surface area contributed by atoms with Crippen molar-refractivity contribution in [3.63, 3.8) is 0 Å². The average Bonchev–Trinajstić information content (AvgIpc) is 2.47. The van der Waals surface area contributed by atoms with E-state index >= 15 is 0 Å².